The summed E-state index contributed by atoms with van der Waals surface area (Å²) in [7, 11) is 0. The van der Waals surface area contributed by atoms with Crippen LogP contribution < -0.4 is 5.32 Å². The lowest BCUT2D eigenvalue weighted by atomic mass is 9.99. The van der Waals surface area contributed by atoms with Gasteiger partial charge in [-0.3, -0.25) is 4.79 Å². The van der Waals surface area contributed by atoms with Crippen LogP contribution in [0.25, 0.3) is 0 Å². The van der Waals surface area contributed by atoms with Gasteiger partial charge < -0.3 is 10.2 Å². The Balaban J connectivity index is 1.54. The second kappa shape index (κ2) is 4.91. The third-order valence-corrected chi connectivity index (χ3v) is 5.48. The molecule has 0 radical (unpaired) electrons. The molecule has 3 rings (SSSR count). The van der Waals surface area contributed by atoms with Gasteiger partial charge in [0.1, 0.15) is 0 Å². The molecular formula is C15H22N2OS. The van der Waals surface area contributed by atoms with E-state index in [-0.39, 0.29) is 11.4 Å². The Morgan fingerprint density at radius 2 is 2.32 bits per heavy atom. The van der Waals surface area contributed by atoms with Crippen LogP contribution in [-0.2, 0) is 17.8 Å². The minimum atomic E-state index is 0.110. The number of rotatable bonds is 4. The Morgan fingerprint density at radius 3 is 3.05 bits per heavy atom. The largest absolute Gasteiger partial charge is 0.337 e. The third-order valence-electron chi connectivity index (χ3n) is 4.45. The van der Waals surface area contributed by atoms with E-state index >= 15 is 0 Å². The van der Waals surface area contributed by atoms with Crippen LogP contribution in [0.15, 0.2) is 11.4 Å². The molecule has 19 heavy (non-hydrogen) atoms. The minimum Gasteiger partial charge on any atom is -0.337 e. The summed E-state index contributed by atoms with van der Waals surface area (Å²) in [6, 6.07) is 2.15. The molecule has 1 saturated carbocycles. The van der Waals surface area contributed by atoms with Gasteiger partial charge in [-0.2, -0.15) is 0 Å². The molecule has 0 unspecified atom stereocenters. The monoisotopic (exact) mass is 278 g/mol. The van der Waals surface area contributed by atoms with Crippen LogP contribution in [0, 0.1) is 5.92 Å². The number of carbonyl (C=O) groups is 1. The van der Waals surface area contributed by atoms with E-state index in [1.807, 2.05) is 16.2 Å². The van der Waals surface area contributed by atoms with Gasteiger partial charge in [0.15, 0.2) is 0 Å². The third kappa shape index (κ3) is 2.84. The Bertz CT molecular complexity index is 476. The van der Waals surface area contributed by atoms with Crippen LogP contribution in [0.1, 0.15) is 37.1 Å². The first-order valence-corrected chi connectivity index (χ1v) is 8.02. The van der Waals surface area contributed by atoms with Crippen molar-refractivity contribution < 1.29 is 4.79 Å². The molecule has 2 aliphatic rings. The van der Waals surface area contributed by atoms with Crippen LogP contribution in [0.2, 0.25) is 0 Å². The number of hydrogen-bond acceptors (Lipinski definition) is 3. The van der Waals surface area contributed by atoms with E-state index in [0.29, 0.717) is 6.54 Å². The quantitative estimate of drug-likeness (QED) is 0.917. The van der Waals surface area contributed by atoms with Crippen molar-refractivity contribution in [2.24, 2.45) is 5.92 Å². The highest BCUT2D eigenvalue weighted by Crippen LogP contribution is 2.39. The van der Waals surface area contributed by atoms with Crippen LogP contribution in [-0.4, -0.2) is 29.4 Å². The van der Waals surface area contributed by atoms with Gasteiger partial charge in [0.25, 0.3) is 0 Å². The van der Waals surface area contributed by atoms with Gasteiger partial charge >= 0.3 is 0 Å². The van der Waals surface area contributed by atoms with Gasteiger partial charge in [-0.1, -0.05) is 0 Å². The highest BCUT2D eigenvalue weighted by atomic mass is 32.1. The summed E-state index contributed by atoms with van der Waals surface area (Å²) in [6.45, 7) is 6.57. The first kappa shape index (κ1) is 13.1. The van der Waals surface area contributed by atoms with E-state index in [1.165, 1.54) is 23.3 Å². The second-order valence-corrected chi connectivity index (χ2v) is 7.28. The fourth-order valence-corrected chi connectivity index (χ4v) is 3.72. The molecule has 1 N–H and O–H groups in total. The Morgan fingerprint density at radius 1 is 1.53 bits per heavy atom. The molecule has 1 aromatic rings. The number of fused-ring (bicyclic) bond motifs is 1. The van der Waals surface area contributed by atoms with E-state index in [1.54, 1.807) is 0 Å². The van der Waals surface area contributed by atoms with Gasteiger partial charge in [-0.25, -0.2) is 0 Å². The van der Waals surface area contributed by atoms with E-state index in [0.717, 1.165) is 25.4 Å². The smallest absolute Gasteiger partial charge is 0.236 e. The Kier molecular flexibility index (Phi) is 3.39. The maximum absolute atomic E-state index is 12.3. The zero-order valence-electron chi connectivity index (χ0n) is 11.7. The minimum absolute atomic E-state index is 0.110. The van der Waals surface area contributed by atoms with Crippen molar-refractivity contribution in [3.63, 3.8) is 0 Å². The van der Waals surface area contributed by atoms with Gasteiger partial charge in [0.2, 0.25) is 5.91 Å². The van der Waals surface area contributed by atoms with Gasteiger partial charge in [0.05, 0.1) is 6.54 Å². The molecule has 2 heterocycles. The molecule has 1 aliphatic heterocycles. The van der Waals surface area contributed by atoms with E-state index in [4.69, 9.17) is 0 Å². The fraction of sp³-hybridized carbons (Fsp3) is 0.667. The molecule has 0 atom stereocenters. The van der Waals surface area contributed by atoms with Gasteiger partial charge in [-0.05, 0) is 56.0 Å². The van der Waals surface area contributed by atoms with Gasteiger partial charge in [-0.15, -0.1) is 11.3 Å². The molecule has 0 spiro atoms. The maximum atomic E-state index is 12.3. The Labute approximate surface area is 119 Å². The lowest BCUT2D eigenvalue weighted by Crippen LogP contribution is -2.48. The topological polar surface area (TPSA) is 32.3 Å². The number of nitrogens with zero attached hydrogens (tertiary/aromatic N) is 1. The molecule has 0 saturated heterocycles. The lowest BCUT2D eigenvalue weighted by Gasteiger charge is -2.30. The Hall–Kier alpha value is -0.870. The van der Waals surface area contributed by atoms with Crippen LogP contribution >= 0.6 is 11.3 Å². The fourth-order valence-electron chi connectivity index (χ4n) is 2.83. The van der Waals surface area contributed by atoms with Crippen molar-refractivity contribution in [1.29, 1.82) is 0 Å². The number of carbonyl (C=O) groups excluding carboxylic acids is 1. The number of hydrogen-bond donors (Lipinski definition) is 1. The van der Waals surface area contributed by atoms with Crippen LogP contribution in [0.4, 0.5) is 0 Å². The average molecular weight is 278 g/mol. The number of thiophene rings is 1. The summed E-state index contributed by atoms with van der Waals surface area (Å²) in [5.41, 5.74) is 1.45. The average Bonchev–Trinajstić information content (AvgIpc) is 3.15. The number of nitrogens with one attached hydrogen (secondary N) is 1. The molecule has 3 nitrogen and oxygen atoms in total. The van der Waals surface area contributed by atoms with Gasteiger partial charge in [0, 0.05) is 23.5 Å². The van der Waals surface area contributed by atoms with Crippen LogP contribution in [0.3, 0.4) is 0 Å². The molecule has 0 aromatic carbocycles. The summed E-state index contributed by atoms with van der Waals surface area (Å²) < 4.78 is 0. The first-order chi connectivity index (χ1) is 9.06. The zero-order chi connectivity index (χ0) is 13.5. The van der Waals surface area contributed by atoms with E-state index in [2.05, 4.69) is 30.6 Å². The SMILES string of the molecule is CC(C)(NCC(=O)N1CCc2sccc2C1)C1CC1. The first-order valence-electron chi connectivity index (χ1n) is 7.14. The number of amides is 1. The highest BCUT2D eigenvalue weighted by molar-refractivity contribution is 7.10. The molecule has 1 fully saturated rings. The molecular weight excluding hydrogens is 256 g/mol. The van der Waals surface area contributed by atoms with Crippen LogP contribution in [0.5, 0.6) is 0 Å². The second-order valence-electron chi connectivity index (χ2n) is 6.28. The standard InChI is InChI=1S/C15H22N2OS/c1-15(2,12-3-4-12)16-9-14(18)17-7-5-13-11(10-17)6-8-19-13/h6,8,12,16H,3-5,7,9-10H2,1-2H3. The van der Waals surface area contributed by atoms with E-state index < -0.39 is 0 Å². The molecule has 104 valence electrons. The summed E-state index contributed by atoms with van der Waals surface area (Å²) >= 11 is 1.82. The zero-order valence-corrected chi connectivity index (χ0v) is 12.6. The van der Waals surface area contributed by atoms with E-state index in [9.17, 15) is 4.79 Å². The summed E-state index contributed by atoms with van der Waals surface area (Å²) in [4.78, 5) is 15.7. The molecule has 1 amide bonds. The predicted octanol–water partition coefficient (Wildman–Crippen LogP) is 2.41. The van der Waals surface area contributed by atoms with Crippen molar-refractivity contribution in [1.82, 2.24) is 10.2 Å². The van der Waals surface area contributed by atoms with Crippen molar-refractivity contribution in [3.8, 4) is 0 Å². The summed E-state index contributed by atoms with van der Waals surface area (Å²) in [5, 5.41) is 5.58. The summed E-state index contributed by atoms with van der Waals surface area (Å²) in [6.07, 6.45) is 3.62. The van der Waals surface area contributed by atoms with Crippen molar-refractivity contribution in [2.75, 3.05) is 13.1 Å². The molecule has 1 aromatic heterocycles. The normalized spacial score (nSPS) is 19.4. The molecule has 0 bridgehead atoms. The molecule has 4 heteroatoms. The van der Waals surface area contributed by atoms with Crippen molar-refractivity contribution >= 4 is 17.2 Å². The lowest BCUT2D eigenvalue weighted by molar-refractivity contribution is -0.131. The highest BCUT2D eigenvalue weighted by Gasteiger charge is 2.37. The molecule has 1 aliphatic carbocycles. The predicted molar refractivity (Wildman–Crippen MR) is 78.2 cm³/mol. The maximum Gasteiger partial charge on any atom is 0.236 e. The summed E-state index contributed by atoms with van der Waals surface area (Å²) in [5.74, 6) is 0.996. The van der Waals surface area contributed by atoms with Crippen molar-refractivity contribution in [2.45, 2.75) is 45.2 Å². The van der Waals surface area contributed by atoms with Crippen molar-refractivity contribution in [3.05, 3.63) is 21.9 Å².